The molecule has 1 aromatic carbocycles. The van der Waals surface area contributed by atoms with Gasteiger partial charge in [0.25, 0.3) is 0 Å². The first kappa shape index (κ1) is 13.4. The Morgan fingerprint density at radius 2 is 2.17 bits per heavy atom. The van der Waals surface area contributed by atoms with Gasteiger partial charge in [-0.05, 0) is 51.3 Å². The second-order valence-electron chi connectivity index (χ2n) is 5.06. The highest BCUT2D eigenvalue weighted by Gasteiger charge is 2.22. The molecule has 0 spiro atoms. The van der Waals surface area contributed by atoms with Crippen LogP contribution < -0.4 is 10.5 Å². The van der Waals surface area contributed by atoms with E-state index in [-0.39, 0.29) is 12.1 Å². The Balaban J connectivity index is 2.41. The molecule has 0 radical (unpaired) electrons. The van der Waals surface area contributed by atoms with Gasteiger partial charge in [0.05, 0.1) is 10.9 Å². The molecular weight excluding hydrogens is 246 g/mol. The number of hydrogen-bond donors (Lipinski definition) is 2. The van der Waals surface area contributed by atoms with Gasteiger partial charge >= 0.3 is 0 Å². The van der Waals surface area contributed by atoms with Gasteiger partial charge in [-0.15, -0.1) is 0 Å². The molecule has 1 aliphatic carbocycles. The number of nitrogens with zero attached hydrogens (tertiary/aromatic N) is 1. The number of hydrogen-bond acceptors (Lipinski definition) is 3. The molecule has 100 valence electrons. The second-order valence-corrected chi connectivity index (χ2v) is 7.03. The van der Waals surface area contributed by atoms with Gasteiger partial charge in [-0.3, -0.25) is 0 Å². The lowest BCUT2D eigenvalue weighted by Gasteiger charge is -2.24. The van der Waals surface area contributed by atoms with E-state index in [1.165, 1.54) is 6.42 Å². The van der Waals surface area contributed by atoms with E-state index in [2.05, 4.69) is 9.08 Å². The normalized spacial score (nSPS) is 19.3. The van der Waals surface area contributed by atoms with Crippen LogP contribution in [0.25, 0.3) is 0 Å². The van der Waals surface area contributed by atoms with Gasteiger partial charge in [0.2, 0.25) is 0 Å². The Kier molecular flexibility index (Phi) is 3.92. The van der Waals surface area contributed by atoms with Gasteiger partial charge in [0.1, 0.15) is 9.92 Å². The molecule has 1 atom stereocenters. The molecule has 5 heteroatoms. The number of nitrogens with one attached hydrogen (secondary N) is 1. The fourth-order valence-electron chi connectivity index (χ4n) is 1.87. The molecule has 0 bridgehead atoms. The third kappa shape index (κ3) is 3.03. The van der Waals surface area contributed by atoms with Gasteiger partial charge in [-0.25, -0.2) is 13.3 Å². The summed E-state index contributed by atoms with van der Waals surface area (Å²) in [5.74, 6) is 0. The third-order valence-electron chi connectivity index (χ3n) is 2.95. The maximum Gasteiger partial charge on any atom is 0.137 e. The molecule has 1 aromatic rings. The van der Waals surface area contributed by atoms with E-state index in [0.717, 1.165) is 12.8 Å². The van der Waals surface area contributed by atoms with E-state index in [1.54, 1.807) is 12.1 Å². The molecule has 4 nitrogen and oxygen atoms in total. The number of nitrogen functional groups attached to an aromatic ring is 1. The molecule has 0 heterocycles. The van der Waals surface area contributed by atoms with Gasteiger partial charge in [-0.1, -0.05) is 6.07 Å². The molecular formula is C13H21N3OS. The van der Waals surface area contributed by atoms with E-state index >= 15 is 0 Å². The quantitative estimate of drug-likeness (QED) is 0.823. The molecule has 0 saturated heterocycles. The topological polar surface area (TPSA) is 67.5 Å². The highest BCUT2D eigenvalue weighted by Crippen LogP contribution is 2.26. The maximum atomic E-state index is 13.0. The summed E-state index contributed by atoms with van der Waals surface area (Å²) in [6.45, 7) is 3.95. The molecule has 0 amide bonds. The first-order valence-corrected chi connectivity index (χ1v) is 7.90. The van der Waals surface area contributed by atoms with Crippen molar-refractivity contribution in [1.29, 1.82) is 0 Å². The fraction of sp³-hybridized carbons (Fsp3) is 0.538. The Bertz CT molecular complexity index is 529. The summed E-state index contributed by atoms with van der Waals surface area (Å²) >= 11 is 0. The second kappa shape index (κ2) is 5.28. The maximum absolute atomic E-state index is 13.0. The predicted octanol–water partition coefficient (Wildman–Crippen LogP) is 2.56. The van der Waals surface area contributed by atoms with Gasteiger partial charge in [0.15, 0.2) is 0 Å². The first-order valence-electron chi connectivity index (χ1n) is 6.39. The minimum absolute atomic E-state index is 0.114. The molecule has 3 N–H and O–H groups in total. The monoisotopic (exact) mass is 267 g/mol. The van der Waals surface area contributed by atoms with Crippen molar-refractivity contribution in [3.8, 4) is 0 Å². The molecule has 2 rings (SSSR count). The number of benzene rings is 1. The van der Waals surface area contributed by atoms with Crippen molar-refractivity contribution >= 4 is 15.6 Å². The van der Waals surface area contributed by atoms with Crippen molar-refractivity contribution in [2.24, 2.45) is 4.36 Å². The third-order valence-corrected chi connectivity index (χ3v) is 5.22. The van der Waals surface area contributed by atoms with Crippen LogP contribution in [0.4, 0.5) is 5.69 Å². The van der Waals surface area contributed by atoms with Crippen molar-refractivity contribution in [3.63, 3.8) is 0 Å². The van der Waals surface area contributed by atoms with Crippen LogP contribution in [0.2, 0.25) is 0 Å². The summed E-state index contributed by atoms with van der Waals surface area (Å²) in [5.41, 5.74) is 6.39. The van der Waals surface area contributed by atoms with Gasteiger partial charge in [-0.2, -0.15) is 0 Å². The SMILES string of the molecule is CC(C)NS(=O)(=NC1CCC1)c1cccc(N)c1. The van der Waals surface area contributed by atoms with E-state index in [9.17, 15) is 4.21 Å². The highest BCUT2D eigenvalue weighted by atomic mass is 32.2. The number of nitrogens with two attached hydrogens (primary N) is 1. The largest absolute Gasteiger partial charge is 0.399 e. The Hall–Kier alpha value is -1.07. The summed E-state index contributed by atoms with van der Waals surface area (Å²) in [7, 11) is -2.55. The van der Waals surface area contributed by atoms with E-state index < -0.39 is 9.92 Å². The molecule has 18 heavy (non-hydrogen) atoms. The van der Waals surface area contributed by atoms with E-state index in [0.29, 0.717) is 10.6 Å². The molecule has 1 aliphatic rings. The average molecular weight is 267 g/mol. The standard InChI is InChI=1S/C13H21N3OS/c1-10(2)15-18(17,16-12-6-4-7-12)13-8-3-5-11(14)9-13/h3,5,8-10,12H,4,6-7,14H2,1-2H3,(H,15,16,17). The smallest absolute Gasteiger partial charge is 0.137 e. The summed E-state index contributed by atoms with van der Waals surface area (Å²) in [5, 5.41) is 0. The lowest BCUT2D eigenvalue weighted by molar-refractivity contribution is 0.421. The van der Waals surface area contributed by atoms with Crippen LogP contribution in [0, 0.1) is 0 Å². The van der Waals surface area contributed by atoms with E-state index in [4.69, 9.17) is 5.73 Å². The molecule has 1 fully saturated rings. The molecule has 0 aliphatic heterocycles. The number of anilines is 1. The lowest BCUT2D eigenvalue weighted by Crippen LogP contribution is -2.32. The van der Waals surface area contributed by atoms with Crippen molar-refractivity contribution in [3.05, 3.63) is 24.3 Å². The Labute approximate surface area is 109 Å². The summed E-state index contributed by atoms with van der Waals surface area (Å²) in [6.07, 6.45) is 3.26. The molecule has 0 aromatic heterocycles. The van der Waals surface area contributed by atoms with Crippen LogP contribution in [0.3, 0.4) is 0 Å². The highest BCUT2D eigenvalue weighted by molar-refractivity contribution is 7.91. The fourth-order valence-corrected chi connectivity index (χ4v) is 4.01. The van der Waals surface area contributed by atoms with Crippen LogP contribution in [0.1, 0.15) is 33.1 Å². The van der Waals surface area contributed by atoms with Crippen molar-refractivity contribution < 1.29 is 4.21 Å². The summed E-state index contributed by atoms with van der Waals surface area (Å²) in [4.78, 5) is 0.683. The zero-order valence-electron chi connectivity index (χ0n) is 10.9. The zero-order valence-corrected chi connectivity index (χ0v) is 11.7. The van der Waals surface area contributed by atoms with E-state index in [1.807, 2.05) is 26.0 Å². The summed E-state index contributed by atoms with van der Waals surface area (Å²) in [6, 6.07) is 7.54. The van der Waals surface area contributed by atoms with Crippen LogP contribution >= 0.6 is 0 Å². The molecule has 1 saturated carbocycles. The van der Waals surface area contributed by atoms with Crippen LogP contribution in [-0.2, 0) is 9.92 Å². The number of rotatable bonds is 4. The van der Waals surface area contributed by atoms with Crippen LogP contribution in [0.5, 0.6) is 0 Å². The minimum Gasteiger partial charge on any atom is -0.399 e. The van der Waals surface area contributed by atoms with Gasteiger partial charge < -0.3 is 5.73 Å². The molecule has 1 unspecified atom stereocenters. The van der Waals surface area contributed by atoms with Crippen molar-refractivity contribution in [2.75, 3.05) is 5.73 Å². The van der Waals surface area contributed by atoms with Gasteiger partial charge in [0, 0.05) is 11.7 Å². The Morgan fingerprint density at radius 1 is 1.44 bits per heavy atom. The van der Waals surface area contributed by atoms with Crippen molar-refractivity contribution in [2.45, 2.75) is 50.1 Å². The Morgan fingerprint density at radius 3 is 2.67 bits per heavy atom. The van der Waals surface area contributed by atoms with Crippen LogP contribution in [0.15, 0.2) is 33.5 Å². The first-order chi connectivity index (χ1) is 8.49. The average Bonchev–Trinajstić information content (AvgIpc) is 2.23. The predicted molar refractivity (Wildman–Crippen MR) is 75.6 cm³/mol. The lowest BCUT2D eigenvalue weighted by atomic mass is 9.95. The van der Waals surface area contributed by atoms with Crippen molar-refractivity contribution in [1.82, 2.24) is 4.72 Å². The summed E-state index contributed by atoms with van der Waals surface area (Å²) < 4.78 is 20.7. The van der Waals surface area contributed by atoms with Crippen LogP contribution in [-0.4, -0.2) is 16.3 Å². The minimum atomic E-state index is -2.55. The zero-order chi connectivity index (χ0) is 13.2.